The molecule has 3 amide bonds. The van der Waals surface area contributed by atoms with Crippen molar-refractivity contribution in [1.29, 1.82) is 0 Å². The third kappa shape index (κ3) is 2.42. The highest BCUT2D eigenvalue weighted by atomic mass is 35.5. The van der Waals surface area contributed by atoms with Gasteiger partial charge in [-0.25, -0.2) is 15.1 Å². The van der Waals surface area contributed by atoms with Gasteiger partial charge in [0.25, 0.3) is 5.91 Å². The number of aryl methyl sites for hydroxylation is 1. The van der Waals surface area contributed by atoms with Crippen molar-refractivity contribution in [3.05, 3.63) is 64.9 Å². The van der Waals surface area contributed by atoms with Gasteiger partial charge in [-0.1, -0.05) is 36.7 Å². The van der Waals surface area contributed by atoms with Crippen LogP contribution in [0.3, 0.4) is 0 Å². The van der Waals surface area contributed by atoms with E-state index in [0.717, 1.165) is 17.7 Å². The molecule has 0 radical (unpaired) electrons. The average Bonchev–Trinajstić information content (AvgIpc) is 2.90. The van der Waals surface area contributed by atoms with E-state index in [0.29, 0.717) is 22.2 Å². The minimum absolute atomic E-state index is 0.258. The lowest BCUT2D eigenvalue weighted by Gasteiger charge is -2.26. The second-order valence-corrected chi connectivity index (χ2v) is 6.15. The monoisotopic (exact) mass is 354 g/mol. The highest BCUT2D eigenvalue weighted by Gasteiger charge is 2.35. The van der Waals surface area contributed by atoms with E-state index >= 15 is 0 Å². The molecule has 0 aromatic heterocycles. The van der Waals surface area contributed by atoms with Gasteiger partial charge in [0, 0.05) is 11.1 Å². The largest absolute Gasteiger partial charge is 0.346 e. The first-order valence-electron chi connectivity index (χ1n) is 7.89. The zero-order valence-corrected chi connectivity index (χ0v) is 14.2. The predicted molar refractivity (Wildman–Crippen MR) is 96.6 cm³/mol. The third-order valence-electron chi connectivity index (χ3n) is 4.25. The van der Waals surface area contributed by atoms with E-state index in [9.17, 15) is 9.59 Å². The summed E-state index contributed by atoms with van der Waals surface area (Å²) in [5.41, 5.74) is 8.19. The number of rotatable bonds is 2. The summed E-state index contributed by atoms with van der Waals surface area (Å²) >= 11 is 6.19. The van der Waals surface area contributed by atoms with E-state index in [4.69, 9.17) is 11.6 Å². The molecule has 0 saturated carbocycles. The molecule has 1 fully saturated rings. The molecule has 0 bridgehead atoms. The van der Waals surface area contributed by atoms with Crippen molar-refractivity contribution in [2.75, 3.05) is 9.80 Å². The van der Waals surface area contributed by atoms with Gasteiger partial charge in [0.2, 0.25) is 0 Å². The van der Waals surface area contributed by atoms with Gasteiger partial charge in [0.15, 0.2) is 0 Å². The van der Waals surface area contributed by atoms with Crippen LogP contribution in [0.5, 0.6) is 0 Å². The van der Waals surface area contributed by atoms with Crippen LogP contribution in [-0.4, -0.2) is 11.9 Å². The summed E-state index contributed by atoms with van der Waals surface area (Å²) in [6.07, 6.45) is 2.17. The summed E-state index contributed by atoms with van der Waals surface area (Å²) in [4.78, 5) is 28.3. The molecule has 4 rings (SSSR count). The van der Waals surface area contributed by atoms with Crippen molar-refractivity contribution in [3.63, 3.8) is 0 Å². The number of para-hydroxylation sites is 1. The van der Waals surface area contributed by atoms with E-state index in [2.05, 4.69) is 10.9 Å². The lowest BCUT2D eigenvalue weighted by molar-refractivity contribution is -0.113. The van der Waals surface area contributed by atoms with Crippen LogP contribution in [0.15, 0.2) is 54.4 Å². The molecule has 2 aromatic rings. The molecule has 0 spiro atoms. The Labute approximate surface area is 149 Å². The number of hydrogen-bond donors (Lipinski definition) is 2. The van der Waals surface area contributed by atoms with Gasteiger partial charge in [-0.15, -0.1) is 0 Å². The zero-order chi connectivity index (χ0) is 17.6. The highest BCUT2D eigenvalue weighted by Crippen LogP contribution is 2.41. The van der Waals surface area contributed by atoms with Crippen LogP contribution < -0.4 is 20.7 Å². The molecular weight excluding hydrogens is 340 g/mol. The SMILES string of the molecule is CCc1ccccc1N1C(=O)C=C2NNC(=O)N2c2ccc(Cl)cc21. The topological polar surface area (TPSA) is 64.7 Å². The van der Waals surface area contributed by atoms with E-state index in [1.54, 1.807) is 23.1 Å². The molecule has 0 aliphatic carbocycles. The number of nitrogens with zero attached hydrogens (tertiary/aromatic N) is 2. The Hall–Kier alpha value is -2.99. The molecule has 0 atom stereocenters. The molecule has 25 heavy (non-hydrogen) atoms. The number of anilines is 3. The van der Waals surface area contributed by atoms with Crippen LogP contribution in [0.1, 0.15) is 12.5 Å². The summed E-state index contributed by atoms with van der Waals surface area (Å²) < 4.78 is 0. The minimum atomic E-state index is -0.353. The van der Waals surface area contributed by atoms with Crippen molar-refractivity contribution in [3.8, 4) is 0 Å². The Bertz CT molecular complexity index is 925. The smallest absolute Gasteiger partial charge is 0.281 e. The van der Waals surface area contributed by atoms with E-state index in [1.807, 2.05) is 31.2 Å². The van der Waals surface area contributed by atoms with E-state index in [-0.39, 0.29) is 11.9 Å². The maximum Gasteiger partial charge on any atom is 0.346 e. The lowest BCUT2D eigenvalue weighted by atomic mass is 10.1. The fraction of sp³-hybridized carbons (Fsp3) is 0.111. The van der Waals surface area contributed by atoms with Crippen LogP contribution in [0.25, 0.3) is 0 Å². The molecule has 6 nitrogen and oxygen atoms in total. The lowest BCUT2D eigenvalue weighted by Crippen LogP contribution is -2.30. The van der Waals surface area contributed by atoms with Gasteiger partial charge < -0.3 is 0 Å². The molecular formula is C18H15ClN4O2. The second-order valence-electron chi connectivity index (χ2n) is 5.71. The number of nitrogens with one attached hydrogen (secondary N) is 2. The summed E-state index contributed by atoms with van der Waals surface area (Å²) in [7, 11) is 0. The Balaban J connectivity index is 1.99. The first kappa shape index (κ1) is 15.5. The molecule has 2 aromatic carbocycles. The number of carbonyl (C=O) groups is 2. The maximum absolute atomic E-state index is 13.0. The summed E-state index contributed by atoms with van der Waals surface area (Å²) in [5.74, 6) is 0.126. The van der Waals surface area contributed by atoms with Crippen LogP contribution in [0.4, 0.5) is 21.9 Å². The predicted octanol–water partition coefficient (Wildman–Crippen LogP) is 3.46. The molecule has 1 saturated heterocycles. The quantitative estimate of drug-likeness (QED) is 0.868. The number of benzene rings is 2. The van der Waals surface area contributed by atoms with Gasteiger partial charge in [0.1, 0.15) is 5.82 Å². The number of halogens is 1. The highest BCUT2D eigenvalue weighted by molar-refractivity contribution is 6.31. The molecule has 0 unspecified atom stereocenters. The van der Waals surface area contributed by atoms with Gasteiger partial charge in [-0.3, -0.25) is 15.1 Å². The normalized spacial score (nSPS) is 15.8. The molecule has 126 valence electrons. The number of hydrogen-bond acceptors (Lipinski definition) is 3. The van der Waals surface area contributed by atoms with E-state index < -0.39 is 0 Å². The van der Waals surface area contributed by atoms with Crippen molar-refractivity contribution in [2.24, 2.45) is 0 Å². The number of amides is 3. The fourth-order valence-corrected chi connectivity index (χ4v) is 3.29. The maximum atomic E-state index is 13.0. The Morgan fingerprint density at radius 2 is 1.76 bits per heavy atom. The molecule has 7 heteroatoms. The Morgan fingerprint density at radius 3 is 2.56 bits per heavy atom. The Morgan fingerprint density at radius 1 is 0.960 bits per heavy atom. The van der Waals surface area contributed by atoms with Crippen LogP contribution >= 0.6 is 11.6 Å². The number of fused-ring (bicyclic) bond motifs is 3. The van der Waals surface area contributed by atoms with Crippen molar-refractivity contribution >= 4 is 40.6 Å². The molecule has 2 N–H and O–H groups in total. The first-order valence-corrected chi connectivity index (χ1v) is 8.27. The number of urea groups is 1. The molecule has 2 aliphatic heterocycles. The standard InChI is InChI=1S/C18H15ClN4O2/c1-2-11-5-3-4-6-13(11)22-15-9-12(19)7-8-14(15)23-16(10-17(22)24)20-21-18(23)25/h3-10,20H,2H2,1H3,(H,21,25). The Kier molecular flexibility index (Phi) is 3.62. The summed E-state index contributed by atoms with van der Waals surface area (Å²) in [6.45, 7) is 2.03. The third-order valence-corrected chi connectivity index (χ3v) is 4.49. The average molecular weight is 355 g/mol. The van der Waals surface area contributed by atoms with Gasteiger partial charge >= 0.3 is 6.03 Å². The van der Waals surface area contributed by atoms with Gasteiger partial charge in [0.05, 0.1) is 17.1 Å². The van der Waals surface area contributed by atoms with Crippen molar-refractivity contribution in [2.45, 2.75) is 13.3 Å². The van der Waals surface area contributed by atoms with Crippen molar-refractivity contribution in [1.82, 2.24) is 10.9 Å². The fourth-order valence-electron chi connectivity index (χ4n) is 3.12. The van der Waals surface area contributed by atoms with Gasteiger partial charge in [-0.2, -0.15) is 0 Å². The molecule has 2 aliphatic rings. The van der Waals surface area contributed by atoms with Gasteiger partial charge in [-0.05, 0) is 36.2 Å². The summed E-state index contributed by atoms with van der Waals surface area (Å²) in [5, 5.41) is 0.488. The minimum Gasteiger partial charge on any atom is -0.281 e. The van der Waals surface area contributed by atoms with Crippen LogP contribution in [-0.2, 0) is 11.2 Å². The second kappa shape index (κ2) is 5.82. The van der Waals surface area contributed by atoms with E-state index in [1.165, 1.54) is 11.0 Å². The summed E-state index contributed by atoms with van der Waals surface area (Å²) in [6, 6.07) is 12.5. The number of hydrazine groups is 1. The first-order chi connectivity index (χ1) is 12.1. The van der Waals surface area contributed by atoms with Crippen molar-refractivity contribution < 1.29 is 9.59 Å². The zero-order valence-electron chi connectivity index (χ0n) is 13.4. The van der Waals surface area contributed by atoms with Crippen LogP contribution in [0, 0.1) is 0 Å². The molecule has 2 heterocycles. The van der Waals surface area contributed by atoms with Crippen LogP contribution in [0.2, 0.25) is 5.02 Å². The number of carbonyl (C=O) groups excluding carboxylic acids is 2.